The second kappa shape index (κ2) is 7.52. The molecule has 2 nitrogen and oxygen atoms in total. The van der Waals surface area contributed by atoms with Gasteiger partial charge in [-0.2, -0.15) is 0 Å². The SMILES string of the molecule is CC(C)NCCN(C)Cc1cc(Br)ccc1Br. The molecule has 0 amide bonds. The van der Waals surface area contributed by atoms with Crippen LogP contribution in [0.25, 0.3) is 0 Å². The fraction of sp³-hybridized carbons (Fsp3) is 0.538. The number of hydrogen-bond donors (Lipinski definition) is 1. The zero-order chi connectivity index (χ0) is 12.8. The van der Waals surface area contributed by atoms with E-state index in [1.165, 1.54) is 10.0 Å². The van der Waals surface area contributed by atoms with Gasteiger partial charge >= 0.3 is 0 Å². The van der Waals surface area contributed by atoms with E-state index in [2.05, 4.69) is 75.1 Å². The molecule has 0 aromatic heterocycles. The Balaban J connectivity index is 2.44. The average Bonchev–Trinajstić information content (AvgIpc) is 2.23. The lowest BCUT2D eigenvalue weighted by Gasteiger charge is -2.19. The third-order valence-electron chi connectivity index (χ3n) is 2.49. The Kier molecular flexibility index (Phi) is 6.70. The maximum Gasteiger partial charge on any atom is 0.0242 e. The highest BCUT2D eigenvalue weighted by atomic mass is 79.9. The van der Waals surface area contributed by atoms with Gasteiger partial charge in [-0.3, -0.25) is 0 Å². The Hall–Kier alpha value is 0.1000. The van der Waals surface area contributed by atoms with Gasteiger partial charge < -0.3 is 10.2 Å². The van der Waals surface area contributed by atoms with E-state index in [1.54, 1.807) is 0 Å². The van der Waals surface area contributed by atoms with Crippen LogP contribution in [0.2, 0.25) is 0 Å². The van der Waals surface area contributed by atoms with Gasteiger partial charge in [0.05, 0.1) is 0 Å². The van der Waals surface area contributed by atoms with Gasteiger partial charge in [-0.15, -0.1) is 0 Å². The second-order valence-corrected chi connectivity index (χ2v) is 6.35. The zero-order valence-corrected chi connectivity index (χ0v) is 13.8. The summed E-state index contributed by atoms with van der Waals surface area (Å²) in [5.74, 6) is 0. The number of rotatable bonds is 6. The molecular formula is C13H20Br2N2. The van der Waals surface area contributed by atoms with Crippen molar-refractivity contribution in [3.8, 4) is 0 Å². The molecule has 0 aliphatic rings. The van der Waals surface area contributed by atoms with E-state index in [4.69, 9.17) is 0 Å². The highest BCUT2D eigenvalue weighted by molar-refractivity contribution is 9.11. The largest absolute Gasteiger partial charge is 0.313 e. The van der Waals surface area contributed by atoms with Crippen LogP contribution < -0.4 is 5.32 Å². The number of nitrogens with one attached hydrogen (secondary N) is 1. The lowest BCUT2D eigenvalue weighted by molar-refractivity contribution is 0.319. The van der Waals surface area contributed by atoms with Crippen molar-refractivity contribution in [1.29, 1.82) is 0 Å². The third-order valence-corrected chi connectivity index (χ3v) is 3.76. The van der Waals surface area contributed by atoms with E-state index in [0.717, 1.165) is 24.1 Å². The summed E-state index contributed by atoms with van der Waals surface area (Å²) < 4.78 is 2.30. The minimum atomic E-state index is 0.556. The van der Waals surface area contributed by atoms with Crippen LogP contribution in [0.4, 0.5) is 0 Å². The Morgan fingerprint density at radius 2 is 2.00 bits per heavy atom. The summed E-state index contributed by atoms with van der Waals surface area (Å²) in [6, 6.07) is 6.85. The Morgan fingerprint density at radius 3 is 2.65 bits per heavy atom. The van der Waals surface area contributed by atoms with Crippen molar-refractivity contribution in [2.45, 2.75) is 26.4 Å². The standard InChI is InChI=1S/C13H20Br2N2/c1-10(2)16-6-7-17(3)9-11-8-12(14)4-5-13(11)15/h4-5,8,10,16H,6-7,9H2,1-3H3. The zero-order valence-electron chi connectivity index (χ0n) is 10.6. The number of hydrogen-bond acceptors (Lipinski definition) is 2. The monoisotopic (exact) mass is 362 g/mol. The molecule has 0 saturated heterocycles. The summed E-state index contributed by atoms with van der Waals surface area (Å²) in [7, 11) is 2.15. The first-order chi connectivity index (χ1) is 7.99. The van der Waals surface area contributed by atoms with Crippen LogP contribution in [0.1, 0.15) is 19.4 Å². The van der Waals surface area contributed by atoms with Gasteiger partial charge in [-0.1, -0.05) is 45.7 Å². The van der Waals surface area contributed by atoms with E-state index >= 15 is 0 Å². The van der Waals surface area contributed by atoms with Crippen molar-refractivity contribution in [3.63, 3.8) is 0 Å². The molecule has 0 aliphatic carbocycles. The van der Waals surface area contributed by atoms with Crippen molar-refractivity contribution in [3.05, 3.63) is 32.7 Å². The summed E-state index contributed by atoms with van der Waals surface area (Å²) in [5.41, 5.74) is 1.31. The molecule has 0 radical (unpaired) electrons. The van der Waals surface area contributed by atoms with Gasteiger partial charge in [0.25, 0.3) is 0 Å². The summed E-state index contributed by atoms with van der Waals surface area (Å²) in [6.07, 6.45) is 0. The molecule has 0 unspecified atom stereocenters. The topological polar surface area (TPSA) is 15.3 Å². The average molecular weight is 364 g/mol. The molecule has 0 saturated carbocycles. The van der Waals surface area contributed by atoms with Crippen LogP contribution in [0, 0.1) is 0 Å². The smallest absolute Gasteiger partial charge is 0.0242 e. The first-order valence-electron chi connectivity index (χ1n) is 5.85. The second-order valence-electron chi connectivity index (χ2n) is 4.58. The molecule has 0 fully saturated rings. The number of benzene rings is 1. The van der Waals surface area contributed by atoms with E-state index in [0.29, 0.717) is 6.04 Å². The van der Waals surface area contributed by atoms with Gasteiger partial charge in [-0.25, -0.2) is 0 Å². The highest BCUT2D eigenvalue weighted by Crippen LogP contribution is 2.22. The molecular weight excluding hydrogens is 344 g/mol. The van der Waals surface area contributed by atoms with Crippen LogP contribution >= 0.6 is 31.9 Å². The minimum Gasteiger partial charge on any atom is -0.313 e. The maximum atomic E-state index is 3.59. The Bertz CT molecular complexity index is 353. The van der Waals surface area contributed by atoms with Crippen LogP contribution in [-0.4, -0.2) is 31.1 Å². The molecule has 4 heteroatoms. The summed E-state index contributed by atoms with van der Waals surface area (Å²) in [6.45, 7) is 7.38. The van der Waals surface area contributed by atoms with E-state index in [1.807, 2.05) is 6.07 Å². The first kappa shape index (κ1) is 15.2. The highest BCUT2D eigenvalue weighted by Gasteiger charge is 2.05. The third kappa shape index (κ3) is 6.00. The molecule has 17 heavy (non-hydrogen) atoms. The van der Waals surface area contributed by atoms with Gasteiger partial charge in [0.1, 0.15) is 0 Å². The van der Waals surface area contributed by atoms with Crippen LogP contribution in [0.5, 0.6) is 0 Å². The summed E-state index contributed by atoms with van der Waals surface area (Å²) >= 11 is 7.09. The van der Waals surface area contributed by atoms with Gasteiger partial charge in [0.15, 0.2) is 0 Å². The van der Waals surface area contributed by atoms with Crippen molar-refractivity contribution in [1.82, 2.24) is 10.2 Å². The summed E-state index contributed by atoms with van der Waals surface area (Å²) in [5, 5.41) is 3.43. The van der Waals surface area contributed by atoms with Crippen molar-refractivity contribution in [2.75, 3.05) is 20.1 Å². The van der Waals surface area contributed by atoms with Gasteiger partial charge in [0.2, 0.25) is 0 Å². The minimum absolute atomic E-state index is 0.556. The lowest BCUT2D eigenvalue weighted by Crippen LogP contribution is -2.32. The first-order valence-corrected chi connectivity index (χ1v) is 7.43. The predicted molar refractivity (Wildman–Crippen MR) is 81.3 cm³/mol. The normalized spacial score (nSPS) is 11.5. The van der Waals surface area contributed by atoms with Crippen LogP contribution in [-0.2, 0) is 6.54 Å². The molecule has 0 heterocycles. The van der Waals surface area contributed by atoms with Gasteiger partial charge in [-0.05, 0) is 30.8 Å². The number of likely N-dealkylation sites (N-methyl/N-ethyl adjacent to an activating group) is 1. The predicted octanol–water partition coefficient (Wildman–Crippen LogP) is 3.64. The molecule has 0 spiro atoms. The van der Waals surface area contributed by atoms with Crippen LogP contribution in [0.15, 0.2) is 27.1 Å². The Labute approximate surface area is 121 Å². The summed E-state index contributed by atoms with van der Waals surface area (Å²) in [4.78, 5) is 2.32. The molecule has 1 N–H and O–H groups in total. The Morgan fingerprint density at radius 1 is 1.29 bits per heavy atom. The fourth-order valence-corrected chi connectivity index (χ4v) is 2.36. The van der Waals surface area contributed by atoms with Crippen molar-refractivity contribution < 1.29 is 0 Å². The molecule has 1 aromatic rings. The molecule has 0 bridgehead atoms. The molecule has 0 aliphatic heterocycles. The van der Waals surface area contributed by atoms with E-state index in [9.17, 15) is 0 Å². The fourth-order valence-electron chi connectivity index (χ4n) is 1.58. The molecule has 0 atom stereocenters. The quantitative estimate of drug-likeness (QED) is 0.829. The lowest BCUT2D eigenvalue weighted by atomic mass is 10.2. The number of halogens is 2. The van der Waals surface area contributed by atoms with Crippen molar-refractivity contribution >= 4 is 31.9 Å². The van der Waals surface area contributed by atoms with E-state index < -0.39 is 0 Å². The van der Waals surface area contributed by atoms with Gasteiger partial charge in [0, 0.05) is 34.6 Å². The van der Waals surface area contributed by atoms with E-state index in [-0.39, 0.29) is 0 Å². The molecule has 96 valence electrons. The maximum absolute atomic E-state index is 3.59. The molecule has 1 aromatic carbocycles. The van der Waals surface area contributed by atoms with Crippen molar-refractivity contribution in [2.24, 2.45) is 0 Å². The number of nitrogens with zero attached hydrogens (tertiary/aromatic N) is 1. The molecule has 1 rings (SSSR count). The van der Waals surface area contributed by atoms with Crippen LogP contribution in [0.3, 0.4) is 0 Å².